The highest BCUT2D eigenvalue weighted by Gasteiger charge is 2.09. The van der Waals surface area contributed by atoms with E-state index in [0.717, 1.165) is 22.2 Å². The summed E-state index contributed by atoms with van der Waals surface area (Å²) in [7, 11) is 0. The molecule has 1 aromatic carbocycles. The van der Waals surface area contributed by atoms with Gasteiger partial charge in [-0.1, -0.05) is 0 Å². The van der Waals surface area contributed by atoms with Crippen LogP contribution in [0, 0.1) is 13.8 Å². The van der Waals surface area contributed by atoms with Crippen LogP contribution in [-0.4, -0.2) is 16.0 Å². The van der Waals surface area contributed by atoms with Crippen LogP contribution in [0.4, 0.5) is 8.78 Å². The van der Waals surface area contributed by atoms with Crippen LogP contribution in [0.3, 0.4) is 0 Å². The van der Waals surface area contributed by atoms with E-state index in [4.69, 9.17) is 0 Å². The molecule has 0 fully saturated rings. The summed E-state index contributed by atoms with van der Waals surface area (Å²) in [5.74, 6) is 0. The zero-order valence-corrected chi connectivity index (χ0v) is 8.67. The average Bonchev–Trinajstić information content (AvgIpc) is 2.49. The summed E-state index contributed by atoms with van der Waals surface area (Å²) in [6, 6.07) is 3.83. The van der Waals surface area contributed by atoms with Gasteiger partial charge in [-0.15, -0.1) is 0 Å². The Morgan fingerprint density at radius 1 is 1.27 bits per heavy atom. The van der Waals surface area contributed by atoms with Gasteiger partial charge in [-0.25, -0.2) is 13.8 Å². The Morgan fingerprint density at radius 3 is 2.60 bits per heavy atom. The second-order valence-corrected chi connectivity index (χ2v) is 3.71. The Balaban J connectivity index is 2.54. The van der Waals surface area contributed by atoms with Crippen LogP contribution < -0.4 is 0 Å². The molecule has 1 aromatic heterocycles. The number of rotatable bonds is 2. The molecule has 0 aliphatic rings. The maximum Gasteiger partial charge on any atom is 0.256 e. The van der Waals surface area contributed by atoms with Crippen LogP contribution in [0.15, 0.2) is 18.5 Å². The summed E-state index contributed by atoms with van der Waals surface area (Å²) < 4.78 is 26.0. The van der Waals surface area contributed by atoms with E-state index in [0.29, 0.717) is 0 Å². The number of aromatic nitrogens is 2. The van der Waals surface area contributed by atoms with Gasteiger partial charge in [0, 0.05) is 0 Å². The lowest BCUT2D eigenvalue weighted by Crippen LogP contribution is -2.04. The number of halogens is 2. The number of benzene rings is 1. The van der Waals surface area contributed by atoms with E-state index in [1.807, 2.05) is 26.0 Å². The fourth-order valence-electron chi connectivity index (χ4n) is 1.61. The van der Waals surface area contributed by atoms with Gasteiger partial charge in [0.05, 0.1) is 23.9 Å². The predicted octanol–water partition coefficient (Wildman–Crippen LogP) is 2.92. The monoisotopic (exact) mass is 210 g/mol. The zero-order chi connectivity index (χ0) is 11.0. The Bertz CT molecular complexity index is 489. The van der Waals surface area contributed by atoms with E-state index in [2.05, 4.69) is 4.98 Å². The van der Waals surface area contributed by atoms with Crippen molar-refractivity contribution in [1.29, 1.82) is 0 Å². The molecule has 0 spiro atoms. The first kappa shape index (κ1) is 10.1. The van der Waals surface area contributed by atoms with Gasteiger partial charge in [-0.3, -0.25) is 0 Å². The molecule has 0 amide bonds. The molecule has 0 aliphatic heterocycles. The first-order chi connectivity index (χ1) is 7.08. The molecule has 2 rings (SSSR count). The average molecular weight is 210 g/mol. The summed E-state index contributed by atoms with van der Waals surface area (Å²) in [4.78, 5) is 4.10. The van der Waals surface area contributed by atoms with Gasteiger partial charge in [-0.05, 0) is 37.1 Å². The highest BCUT2D eigenvalue weighted by atomic mass is 19.3. The topological polar surface area (TPSA) is 17.8 Å². The van der Waals surface area contributed by atoms with Gasteiger partial charge < -0.3 is 4.57 Å². The Kier molecular flexibility index (Phi) is 2.42. The summed E-state index contributed by atoms with van der Waals surface area (Å²) in [6.07, 6.45) is -0.876. The number of hydrogen-bond donors (Lipinski definition) is 0. The predicted molar refractivity (Wildman–Crippen MR) is 55.2 cm³/mol. The van der Waals surface area contributed by atoms with Gasteiger partial charge in [0.15, 0.2) is 0 Å². The van der Waals surface area contributed by atoms with Crippen molar-refractivity contribution in [2.45, 2.75) is 26.8 Å². The second-order valence-electron chi connectivity index (χ2n) is 3.71. The molecule has 0 atom stereocenters. The molecule has 0 saturated heterocycles. The quantitative estimate of drug-likeness (QED) is 0.745. The number of alkyl halides is 2. The molecule has 1 heterocycles. The fourth-order valence-corrected chi connectivity index (χ4v) is 1.61. The number of nitrogens with zero attached hydrogens (tertiary/aromatic N) is 2. The van der Waals surface area contributed by atoms with Crippen molar-refractivity contribution in [3.63, 3.8) is 0 Å². The van der Waals surface area contributed by atoms with Gasteiger partial charge in [0.25, 0.3) is 6.43 Å². The Hall–Kier alpha value is -1.45. The van der Waals surface area contributed by atoms with Crippen LogP contribution >= 0.6 is 0 Å². The molecular formula is C11H12F2N2. The molecule has 0 unspecified atom stereocenters. The van der Waals surface area contributed by atoms with Crippen molar-refractivity contribution in [3.8, 4) is 0 Å². The van der Waals surface area contributed by atoms with Crippen LogP contribution in [0.2, 0.25) is 0 Å². The minimum atomic E-state index is -2.34. The zero-order valence-electron chi connectivity index (χ0n) is 8.67. The van der Waals surface area contributed by atoms with Crippen molar-refractivity contribution in [3.05, 3.63) is 29.6 Å². The van der Waals surface area contributed by atoms with Crippen molar-refractivity contribution in [1.82, 2.24) is 9.55 Å². The first-order valence-electron chi connectivity index (χ1n) is 4.78. The lowest BCUT2D eigenvalue weighted by atomic mass is 10.1. The summed E-state index contributed by atoms with van der Waals surface area (Å²) in [5, 5.41) is 0. The molecule has 4 heteroatoms. The minimum Gasteiger partial charge on any atom is -0.325 e. The van der Waals surface area contributed by atoms with Crippen LogP contribution in [0.1, 0.15) is 11.1 Å². The minimum absolute atomic E-state index is 0.293. The first-order valence-corrected chi connectivity index (χ1v) is 4.78. The summed E-state index contributed by atoms with van der Waals surface area (Å²) in [6.45, 7) is 3.66. The smallest absolute Gasteiger partial charge is 0.256 e. The molecule has 0 N–H and O–H groups in total. The van der Waals surface area contributed by atoms with Gasteiger partial charge in [0.2, 0.25) is 0 Å². The SMILES string of the molecule is Cc1cc2ncn(CC(F)F)c2cc1C. The number of aryl methyl sites for hydroxylation is 2. The van der Waals surface area contributed by atoms with Crippen molar-refractivity contribution in [2.75, 3.05) is 0 Å². The van der Waals surface area contributed by atoms with Gasteiger partial charge in [0.1, 0.15) is 0 Å². The third-order valence-corrected chi connectivity index (χ3v) is 2.57. The highest BCUT2D eigenvalue weighted by molar-refractivity contribution is 5.77. The molecule has 2 nitrogen and oxygen atoms in total. The molecule has 0 saturated carbocycles. The summed E-state index contributed by atoms with van der Waals surface area (Å²) >= 11 is 0. The Labute approximate surface area is 86.5 Å². The van der Waals surface area contributed by atoms with Crippen LogP contribution in [0.5, 0.6) is 0 Å². The van der Waals surface area contributed by atoms with Crippen LogP contribution in [0.25, 0.3) is 11.0 Å². The number of hydrogen-bond acceptors (Lipinski definition) is 1. The maximum absolute atomic E-state index is 12.3. The fraction of sp³-hybridized carbons (Fsp3) is 0.364. The maximum atomic E-state index is 12.3. The number of imidazole rings is 1. The molecule has 2 aromatic rings. The molecule has 15 heavy (non-hydrogen) atoms. The molecular weight excluding hydrogens is 198 g/mol. The third kappa shape index (κ3) is 1.84. The Morgan fingerprint density at radius 2 is 1.93 bits per heavy atom. The largest absolute Gasteiger partial charge is 0.325 e. The highest BCUT2D eigenvalue weighted by Crippen LogP contribution is 2.18. The van der Waals surface area contributed by atoms with Gasteiger partial charge in [-0.2, -0.15) is 0 Å². The van der Waals surface area contributed by atoms with Crippen molar-refractivity contribution in [2.24, 2.45) is 0 Å². The molecule has 80 valence electrons. The van der Waals surface area contributed by atoms with Crippen molar-refractivity contribution >= 4 is 11.0 Å². The second kappa shape index (κ2) is 3.61. The standard InChI is InChI=1S/C11H12F2N2/c1-7-3-9-10(4-8(7)2)15(6-14-9)5-11(12)13/h3-4,6,11H,5H2,1-2H3. The van der Waals surface area contributed by atoms with E-state index in [1.54, 1.807) is 0 Å². The van der Waals surface area contributed by atoms with Gasteiger partial charge >= 0.3 is 0 Å². The van der Waals surface area contributed by atoms with E-state index in [9.17, 15) is 8.78 Å². The lowest BCUT2D eigenvalue weighted by molar-refractivity contribution is 0.128. The molecule has 0 bridgehead atoms. The van der Waals surface area contributed by atoms with Crippen LogP contribution in [-0.2, 0) is 6.54 Å². The van der Waals surface area contributed by atoms with E-state index in [-0.39, 0.29) is 6.54 Å². The lowest BCUT2D eigenvalue weighted by Gasteiger charge is -2.04. The van der Waals surface area contributed by atoms with Crippen molar-refractivity contribution < 1.29 is 8.78 Å². The van der Waals surface area contributed by atoms with E-state index in [1.165, 1.54) is 10.9 Å². The molecule has 0 radical (unpaired) electrons. The molecule has 0 aliphatic carbocycles. The normalized spacial score (nSPS) is 11.5. The van der Waals surface area contributed by atoms with E-state index < -0.39 is 6.43 Å². The number of fused-ring (bicyclic) bond motifs is 1. The van der Waals surface area contributed by atoms with E-state index >= 15 is 0 Å². The summed E-state index contributed by atoms with van der Waals surface area (Å²) in [5.41, 5.74) is 3.78. The third-order valence-electron chi connectivity index (χ3n) is 2.57.